The predicted octanol–water partition coefficient (Wildman–Crippen LogP) is 4.06. The molecule has 0 amide bonds. The number of nitrogens with one attached hydrogen (secondary N) is 1. The van der Waals surface area contributed by atoms with Gasteiger partial charge in [-0.1, -0.05) is 11.6 Å². The van der Waals surface area contributed by atoms with Gasteiger partial charge >= 0.3 is 5.97 Å². The van der Waals surface area contributed by atoms with E-state index in [0.29, 0.717) is 10.0 Å². The number of carboxylic acid groups (broad SMARTS) is 1. The fraction of sp³-hybridized carbons (Fsp3) is 0.357. The Kier molecular flexibility index (Phi) is 4.42. The van der Waals surface area contributed by atoms with Crippen molar-refractivity contribution >= 4 is 27.6 Å². The quantitative estimate of drug-likeness (QED) is 0.806. The van der Waals surface area contributed by atoms with Gasteiger partial charge in [-0.25, -0.2) is 4.79 Å². The molecule has 0 aliphatic heterocycles. The van der Waals surface area contributed by atoms with Gasteiger partial charge < -0.3 is 10.4 Å². The Labute approximate surface area is 115 Å². The van der Waals surface area contributed by atoms with Crippen molar-refractivity contribution < 1.29 is 9.90 Å². The van der Waals surface area contributed by atoms with Crippen molar-refractivity contribution in [2.75, 3.05) is 11.9 Å². The lowest BCUT2D eigenvalue weighted by molar-refractivity contribution is 0.0696. The highest BCUT2D eigenvalue weighted by atomic mass is 79.9. The number of halogens is 1. The Morgan fingerprint density at radius 3 is 2.89 bits per heavy atom. The maximum absolute atomic E-state index is 10.9. The first kappa shape index (κ1) is 13.1. The summed E-state index contributed by atoms with van der Waals surface area (Å²) in [6.07, 6.45) is 7.12. The Bertz CT molecular complexity index is 483. The van der Waals surface area contributed by atoms with E-state index in [0.717, 1.165) is 18.7 Å². The summed E-state index contributed by atoms with van der Waals surface area (Å²) in [5.74, 6) is -0.912. The van der Waals surface area contributed by atoms with Crippen LogP contribution >= 0.6 is 15.9 Å². The van der Waals surface area contributed by atoms with Crippen LogP contribution in [0.3, 0.4) is 0 Å². The van der Waals surface area contributed by atoms with E-state index in [-0.39, 0.29) is 0 Å². The molecule has 1 aliphatic carbocycles. The second kappa shape index (κ2) is 6.05. The van der Waals surface area contributed by atoms with E-state index >= 15 is 0 Å². The number of hydrogen-bond donors (Lipinski definition) is 2. The van der Waals surface area contributed by atoms with Crippen molar-refractivity contribution in [3.63, 3.8) is 0 Å². The van der Waals surface area contributed by atoms with Gasteiger partial charge in [0.05, 0.1) is 5.56 Å². The van der Waals surface area contributed by atoms with E-state index in [4.69, 9.17) is 5.11 Å². The van der Waals surface area contributed by atoms with Gasteiger partial charge in [0, 0.05) is 16.7 Å². The molecule has 4 heteroatoms. The second-order valence-corrected chi connectivity index (χ2v) is 5.29. The first-order chi connectivity index (χ1) is 8.66. The van der Waals surface area contributed by atoms with Gasteiger partial charge in [-0.2, -0.15) is 0 Å². The van der Waals surface area contributed by atoms with Crippen molar-refractivity contribution in [1.82, 2.24) is 0 Å². The van der Waals surface area contributed by atoms with Crippen LogP contribution in [-0.2, 0) is 0 Å². The smallest absolute Gasteiger partial charge is 0.336 e. The normalized spacial score (nSPS) is 14.4. The molecule has 0 bridgehead atoms. The van der Waals surface area contributed by atoms with Gasteiger partial charge in [0.15, 0.2) is 0 Å². The molecule has 0 spiro atoms. The molecule has 3 nitrogen and oxygen atoms in total. The number of carboxylic acids is 1. The number of allylic oxidation sites excluding steroid dienone is 1. The minimum atomic E-state index is -0.912. The third kappa shape index (κ3) is 3.35. The standard InChI is InChI=1S/C14H16BrNO2/c15-13-9-11(5-6-12(13)14(17)18)16-8-7-10-3-1-2-4-10/h3,5-6,9,16H,1-2,4,7-8H2,(H,17,18). The molecule has 1 aromatic carbocycles. The Morgan fingerprint density at radius 1 is 1.44 bits per heavy atom. The lowest BCUT2D eigenvalue weighted by Crippen LogP contribution is -2.04. The average molecular weight is 310 g/mol. The van der Waals surface area contributed by atoms with Crippen LogP contribution in [0.5, 0.6) is 0 Å². The maximum Gasteiger partial charge on any atom is 0.336 e. The van der Waals surface area contributed by atoms with Crippen LogP contribution in [0, 0.1) is 0 Å². The lowest BCUT2D eigenvalue weighted by Gasteiger charge is -2.08. The summed E-state index contributed by atoms with van der Waals surface area (Å²) in [5.41, 5.74) is 2.77. The summed E-state index contributed by atoms with van der Waals surface area (Å²) in [6.45, 7) is 0.894. The van der Waals surface area contributed by atoms with Gasteiger partial charge in [-0.05, 0) is 59.8 Å². The fourth-order valence-electron chi connectivity index (χ4n) is 2.13. The third-order valence-electron chi connectivity index (χ3n) is 3.11. The Hall–Kier alpha value is -1.29. The first-order valence-electron chi connectivity index (χ1n) is 6.11. The summed E-state index contributed by atoms with van der Waals surface area (Å²) >= 11 is 3.27. The third-order valence-corrected chi connectivity index (χ3v) is 3.77. The minimum absolute atomic E-state index is 0.291. The zero-order valence-electron chi connectivity index (χ0n) is 10.1. The summed E-state index contributed by atoms with van der Waals surface area (Å²) in [5, 5.41) is 12.2. The molecule has 0 aromatic heterocycles. The molecule has 0 radical (unpaired) electrons. The molecule has 0 saturated heterocycles. The Balaban J connectivity index is 1.89. The van der Waals surface area contributed by atoms with Crippen molar-refractivity contribution in [2.24, 2.45) is 0 Å². The molecular weight excluding hydrogens is 294 g/mol. The molecule has 1 aromatic rings. The molecule has 18 heavy (non-hydrogen) atoms. The van der Waals surface area contributed by atoms with E-state index in [2.05, 4.69) is 27.3 Å². The molecule has 0 atom stereocenters. The first-order valence-corrected chi connectivity index (χ1v) is 6.91. The number of carbonyl (C=O) groups is 1. The zero-order valence-corrected chi connectivity index (χ0v) is 11.7. The lowest BCUT2D eigenvalue weighted by atomic mass is 10.1. The topological polar surface area (TPSA) is 49.3 Å². The van der Waals surface area contributed by atoms with Crippen molar-refractivity contribution in [3.05, 3.63) is 39.9 Å². The van der Waals surface area contributed by atoms with Crippen molar-refractivity contribution in [2.45, 2.75) is 25.7 Å². The average Bonchev–Trinajstić information content (AvgIpc) is 2.81. The van der Waals surface area contributed by atoms with Crippen molar-refractivity contribution in [3.8, 4) is 0 Å². The van der Waals surface area contributed by atoms with Crippen LogP contribution in [0.25, 0.3) is 0 Å². The van der Waals surface area contributed by atoms with Gasteiger partial charge in [-0.15, -0.1) is 0 Å². The zero-order chi connectivity index (χ0) is 13.0. The number of anilines is 1. The monoisotopic (exact) mass is 309 g/mol. The van der Waals surface area contributed by atoms with E-state index in [1.807, 2.05) is 6.07 Å². The maximum atomic E-state index is 10.9. The highest BCUT2D eigenvalue weighted by Gasteiger charge is 2.08. The van der Waals surface area contributed by atoms with E-state index in [9.17, 15) is 4.79 Å². The van der Waals surface area contributed by atoms with Crippen LogP contribution in [0.15, 0.2) is 34.3 Å². The van der Waals surface area contributed by atoms with Gasteiger partial charge in [0.2, 0.25) is 0 Å². The van der Waals surface area contributed by atoms with Crippen LogP contribution in [0.2, 0.25) is 0 Å². The molecule has 0 unspecified atom stereocenters. The fourth-order valence-corrected chi connectivity index (χ4v) is 2.68. The molecule has 2 rings (SSSR count). The molecule has 0 fully saturated rings. The van der Waals surface area contributed by atoms with Gasteiger partial charge in [0.25, 0.3) is 0 Å². The molecule has 2 N–H and O–H groups in total. The molecule has 0 heterocycles. The molecule has 96 valence electrons. The molecular formula is C14H16BrNO2. The number of hydrogen-bond acceptors (Lipinski definition) is 2. The SMILES string of the molecule is O=C(O)c1ccc(NCCC2=CCCC2)cc1Br. The second-order valence-electron chi connectivity index (χ2n) is 4.43. The molecule has 1 aliphatic rings. The van der Waals surface area contributed by atoms with Gasteiger partial charge in [-0.3, -0.25) is 0 Å². The predicted molar refractivity (Wildman–Crippen MR) is 76.1 cm³/mol. The number of aromatic carboxylic acids is 1. The summed E-state index contributed by atoms with van der Waals surface area (Å²) in [4.78, 5) is 10.9. The Morgan fingerprint density at radius 2 is 2.28 bits per heavy atom. The summed E-state index contributed by atoms with van der Waals surface area (Å²) in [7, 11) is 0. The van der Waals surface area contributed by atoms with E-state index in [1.54, 1.807) is 12.1 Å². The summed E-state index contributed by atoms with van der Waals surface area (Å²) < 4.78 is 0.611. The van der Waals surface area contributed by atoms with Gasteiger partial charge in [0.1, 0.15) is 0 Å². The van der Waals surface area contributed by atoms with E-state index < -0.39 is 5.97 Å². The van der Waals surface area contributed by atoms with Crippen LogP contribution in [0.4, 0.5) is 5.69 Å². The molecule has 0 saturated carbocycles. The van der Waals surface area contributed by atoms with Crippen molar-refractivity contribution in [1.29, 1.82) is 0 Å². The summed E-state index contributed by atoms with van der Waals surface area (Å²) in [6, 6.07) is 5.23. The number of benzene rings is 1. The van der Waals surface area contributed by atoms with Crippen LogP contribution < -0.4 is 5.32 Å². The van der Waals surface area contributed by atoms with Crippen LogP contribution in [-0.4, -0.2) is 17.6 Å². The van der Waals surface area contributed by atoms with Crippen LogP contribution in [0.1, 0.15) is 36.0 Å². The number of rotatable bonds is 5. The highest BCUT2D eigenvalue weighted by Crippen LogP contribution is 2.23. The largest absolute Gasteiger partial charge is 0.478 e. The van der Waals surface area contributed by atoms with E-state index in [1.165, 1.54) is 24.8 Å². The highest BCUT2D eigenvalue weighted by molar-refractivity contribution is 9.10. The minimum Gasteiger partial charge on any atom is -0.478 e.